The molecule has 5 heteroatoms. The molecule has 1 aromatic heterocycles. The summed E-state index contributed by atoms with van der Waals surface area (Å²) in [6.07, 6.45) is 3.56. The van der Waals surface area contributed by atoms with Crippen molar-refractivity contribution in [3.63, 3.8) is 0 Å². The summed E-state index contributed by atoms with van der Waals surface area (Å²) in [4.78, 5) is 10.8. The van der Waals surface area contributed by atoms with Crippen molar-refractivity contribution >= 4 is 18.4 Å². The lowest BCUT2D eigenvalue weighted by Crippen LogP contribution is -1.95. The first kappa shape index (κ1) is 12.3. The number of carbonyl (C=O) groups is 1. The van der Waals surface area contributed by atoms with E-state index in [0.717, 1.165) is 11.1 Å². The number of hydrogen-bond acceptors (Lipinski definition) is 2. The summed E-state index contributed by atoms with van der Waals surface area (Å²) < 4.78 is 1.68. The van der Waals surface area contributed by atoms with Crippen molar-refractivity contribution in [2.24, 2.45) is 7.05 Å². The van der Waals surface area contributed by atoms with Crippen LogP contribution >= 0.6 is 12.4 Å². The van der Waals surface area contributed by atoms with E-state index in [2.05, 4.69) is 5.10 Å². The third-order valence-corrected chi connectivity index (χ3v) is 2.15. The topological polar surface area (TPSA) is 55.1 Å². The van der Waals surface area contributed by atoms with Crippen LogP contribution in [0.4, 0.5) is 0 Å². The monoisotopic (exact) mass is 238 g/mol. The van der Waals surface area contributed by atoms with Crippen molar-refractivity contribution in [3.05, 3.63) is 42.2 Å². The molecule has 0 fully saturated rings. The highest BCUT2D eigenvalue weighted by Crippen LogP contribution is 2.19. The third-order valence-electron chi connectivity index (χ3n) is 2.15. The molecule has 1 N–H and O–H groups in total. The van der Waals surface area contributed by atoms with Gasteiger partial charge < -0.3 is 5.11 Å². The van der Waals surface area contributed by atoms with Crippen molar-refractivity contribution in [2.75, 3.05) is 0 Å². The van der Waals surface area contributed by atoms with Gasteiger partial charge in [-0.25, -0.2) is 4.79 Å². The van der Waals surface area contributed by atoms with Gasteiger partial charge in [0.05, 0.1) is 11.8 Å². The average Bonchev–Trinajstić information content (AvgIpc) is 2.65. The lowest BCUT2D eigenvalue weighted by Gasteiger charge is -1.98. The molecule has 2 aromatic rings. The summed E-state index contributed by atoms with van der Waals surface area (Å²) in [6.45, 7) is 0. The average molecular weight is 239 g/mol. The number of rotatable bonds is 2. The van der Waals surface area contributed by atoms with E-state index >= 15 is 0 Å². The minimum Gasteiger partial charge on any atom is -0.478 e. The van der Waals surface area contributed by atoms with Crippen LogP contribution in [0.2, 0.25) is 0 Å². The molecular weight excluding hydrogens is 228 g/mol. The summed E-state index contributed by atoms with van der Waals surface area (Å²) in [7, 11) is 1.82. The highest BCUT2D eigenvalue weighted by molar-refractivity contribution is 5.89. The lowest BCUT2D eigenvalue weighted by molar-refractivity contribution is 0.0697. The summed E-state index contributed by atoms with van der Waals surface area (Å²) >= 11 is 0. The normalized spacial score (nSPS) is 9.56. The number of aryl methyl sites for hydroxylation is 1. The molecule has 0 atom stereocenters. The zero-order valence-electron chi connectivity index (χ0n) is 8.62. The van der Waals surface area contributed by atoms with E-state index in [1.54, 1.807) is 29.1 Å². The van der Waals surface area contributed by atoms with Gasteiger partial charge in [0.1, 0.15) is 0 Å². The van der Waals surface area contributed by atoms with E-state index in [9.17, 15) is 4.79 Å². The SMILES string of the molecule is Cl.Cn1cc(-c2cccc(C(=O)O)c2)cn1. The number of carboxylic acids is 1. The van der Waals surface area contributed by atoms with E-state index in [-0.39, 0.29) is 18.0 Å². The molecule has 0 saturated carbocycles. The molecule has 4 nitrogen and oxygen atoms in total. The van der Waals surface area contributed by atoms with Crippen LogP contribution in [0.25, 0.3) is 11.1 Å². The molecule has 0 aliphatic heterocycles. The van der Waals surface area contributed by atoms with Crippen LogP contribution < -0.4 is 0 Å². The maximum atomic E-state index is 10.8. The van der Waals surface area contributed by atoms with Gasteiger partial charge in [0.15, 0.2) is 0 Å². The molecule has 0 amide bonds. The Morgan fingerprint density at radius 2 is 2.12 bits per heavy atom. The van der Waals surface area contributed by atoms with Crippen LogP contribution in [-0.2, 0) is 7.05 Å². The Hall–Kier alpha value is -1.81. The number of aromatic carboxylic acids is 1. The molecular formula is C11H11ClN2O2. The predicted molar refractivity (Wildman–Crippen MR) is 62.9 cm³/mol. The number of nitrogens with zero attached hydrogens (tertiary/aromatic N) is 2. The van der Waals surface area contributed by atoms with Gasteiger partial charge in [-0.2, -0.15) is 5.10 Å². The fourth-order valence-corrected chi connectivity index (χ4v) is 1.40. The van der Waals surface area contributed by atoms with Gasteiger partial charge in [0.25, 0.3) is 0 Å². The molecule has 1 aromatic carbocycles. The fourth-order valence-electron chi connectivity index (χ4n) is 1.40. The number of halogens is 1. The Kier molecular flexibility index (Phi) is 3.68. The molecule has 1 heterocycles. The molecule has 0 aliphatic carbocycles. The van der Waals surface area contributed by atoms with Gasteiger partial charge in [-0.3, -0.25) is 4.68 Å². The number of hydrogen-bond donors (Lipinski definition) is 1. The predicted octanol–water partition coefficient (Wildman–Crippen LogP) is 2.21. The standard InChI is InChI=1S/C11H10N2O2.ClH/c1-13-7-10(6-12-13)8-3-2-4-9(5-8)11(14)15;/h2-7H,1H3,(H,14,15);1H. The molecule has 0 radical (unpaired) electrons. The summed E-state index contributed by atoms with van der Waals surface area (Å²) in [6, 6.07) is 6.80. The Labute approximate surface area is 98.9 Å². The van der Waals surface area contributed by atoms with Crippen molar-refractivity contribution in [3.8, 4) is 11.1 Å². The first-order valence-electron chi connectivity index (χ1n) is 4.49. The van der Waals surface area contributed by atoms with Crippen molar-refractivity contribution in [1.29, 1.82) is 0 Å². The second-order valence-electron chi connectivity index (χ2n) is 3.29. The highest BCUT2D eigenvalue weighted by Gasteiger charge is 2.05. The summed E-state index contributed by atoms with van der Waals surface area (Å²) in [5.74, 6) is -0.916. The van der Waals surface area contributed by atoms with Crippen LogP contribution in [0.3, 0.4) is 0 Å². The lowest BCUT2D eigenvalue weighted by atomic mass is 10.1. The number of carboxylic acid groups (broad SMARTS) is 1. The van der Waals surface area contributed by atoms with Crippen molar-refractivity contribution < 1.29 is 9.90 Å². The van der Waals surface area contributed by atoms with Gasteiger partial charge in [0, 0.05) is 18.8 Å². The van der Waals surface area contributed by atoms with E-state index in [0.29, 0.717) is 0 Å². The second kappa shape index (κ2) is 4.81. The zero-order chi connectivity index (χ0) is 10.8. The minimum absolute atomic E-state index is 0. The van der Waals surface area contributed by atoms with E-state index < -0.39 is 5.97 Å². The van der Waals surface area contributed by atoms with E-state index in [1.165, 1.54) is 0 Å². The Morgan fingerprint density at radius 3 is 2.69 bits per heavy atom. The molecule has 16 heavy (non-hydrogen) atoms. The largest absolute Gasteiger partial charge is 0.478 e. The van der Waals surface area contributed by atoms with Gasteiger partial charge in [-0.1, -0.05) is 12.1 Å². The molecule has 0 spiro atoms. The maximum Gasteiger partial charge on any atom is 0.335 e. The zero-order valence-corrected chi connectivity index (χ0v) is 9.44. The van der Waals surface area contributed by atoms with E-state index in [4.69, 9.17) is 5.11 Å². The van der Waals surface area contributed by atoms with Crippen LogP contribution in [0, 0.1) is 0 Å². The maximum absolute atomic E-state index is 10.8. The Balaban J connectivity index is 0.00000128. The van der Waals surface area contributed by atoms with Gasteiger partial charge in [-0.15, -0.1) is 12.4 Å². The fraction of sp³-hybridized carbons (Fsp3) is 0.0909. The molecule has 0 bridgehead atoms. The first-order chi connectivity index (χ1) is 7.16. The number of benzene rings is 1. The first-order valence-corrected chi connectivity index (χ1v) is 4.49. The Morgan fingerprint density at radius 1 is 1.38 bits per heavy atom. The summed E-state index contributed by atoms with van der Waals surface area (Å²) in [5.41, 5.74) is 2.07. The smallest absolute Gasteiger partial charge is 0.335 e. The highest BCUT2D eigenvalue weighted by atomic mass is 35.5. The molecule has 2 rings (SSSR count). The molecule has 0 unspecified atom stereocenters. The minimum atomic E-state index is -0.916. The summed E-state index contributed by atoms with van der Waals surface area (Å²) in [5, 5.41) is 12.9. The van der Waals surface area contributed by atoms with E-state index in [1.807, 2.05) is 19.3 Å². The quantitative estimate of drug-likeness (QED) is 0.873. The van der Waals surface area contributed by atoms with Crippen molar-refractivity contribution in [1.82, 2.24) is 9.78 Å². The van der Waals surface area contributed by atoms with Gasteiger partial charge in [-0.05, 0) is 17.7 Å². The van der Waals surface area contributed by atoms with Gasteiger partial charge in [0.2, 0.25) is 0 Å². The molecule has 0 aliphatic rings. The molecule has 84 valence electrons. The van der Waals surface area contributed by atoms with Crippen molar-refractivity contribution in [2.45, 2.75) is 0 Å². The second-order valence-corrected chi connectivity index (χ2v) is 3.29. The van der Waals surface area contributed by atoms with Gasteiger partial charge >= 0.3 is 5.97 Å². The van der Waals surface area contributed by atoms with Crippen LogP contribution in [0.1, 0.15) is 10.4 Å². The van der Waals surface area contributed by atoms with Crippen LogP contribution in [-0.4, -0.2) is 20.9 Å². The number of aromatic nitrogens is 2. The molecule has 0 saturated heterocycles. The van der Waals surface area contributed by atoms with Crippen LogP contribution in [0.5, 0.6) is 0 Å². The Bertz CT molecular complexity index is 508. The van der Waals surface area contributed by atoms with Crippen LogP contribution in [0.15, 0.2) is 36.7 Å². The third kappa shape index (κ3) is 2.41.